The molecule has 0 aliphatic carbocycles. The van der Waals surface area contributed by atoms with E-state index in [1.54, 1.807) is 13.1 Å². The predicted molar refractivity (Wildman–Crippen MR) is 66.3 cm³/mol. The van der Waals surface area contributed by atoms with Gasteiger partial charge in [-0.3, -0.25) is 4.79 Å². The number of carbonyl (C=O) groups excluding carboxylic acids is 1. The number of nitrogens with one attached hydrogen (secondary N) is 1. The number of nitrogens with zero attached hydrogens (tertiary/aromatic N) is 1. The molecule has 0 saturated heterocycles. The van der Waals surface area contributed by atoms with Crippen LogP contribution in [-0.4, -0.2) is 5.91 Å². The smallest absolute Gasteiger partial charge is 0.271 e. The number of amides is 1. The summed E-state index contributed by atoms with van der Waals surface area (Å²) in [5.41, 5.74) is 5.00. The first kappa shape index (κ1) is 12.1. The summed E-state index contributed by atoms with van der Waals surface area (Å²) in [6.07, 6.45) is 3.11. The Morgan fingerprint density at radius 2 is 1.89 bits per heavy atom. The lowest BCUT2D eigenvalue weighted by atomic mass is 10.0. The average Bonchev–Trinajstić information content (AvgIpc) is 2.34. The molecule has 1 aromatic carbocycles. The Morgan fingerprint density at radius 1 is 1.22 bits per heavy atom. The first-order valence-electron chi connectivity index (χ1n) is 5.64. The zero-order chi connectivity index (χ0) is 13.1. The van der Waals surface area contributed by atoms with E-state index in [9.17, 15) is 9.90 Å². The third-order valence-electron chi connectivity index (χ3n) is 2.67. The minimum atomic E-state index is -0.220. The number of aromatic nitrogens is 1. The van der Waals surface area contributed by atoms with Crippen molar-refractivity contribution in [2.24, 2.45) is 0 Å². The van der Waals surface area contributed by atoms with E-state index in [1.165, 1.54) is 17.8 Å². The van der Waals surface area contributed by atoms with E-state index in [-0.39, 0.29) is 11.7 Å². The molecule has 0 aliphatic heterocycles. The fourth-order valence-corrected chi connectivity index (χ4v) is 1.78. The van der Waals surface area contributed by atoms with Crippen LogP contribution in [0.25, 0.3) is 11.1 Å². The highest BCUT2D eigenvalue weighted by Gasteiger charge is 2.11. The van der Waals surface area contributed by atoms with Crippen LogP contribution in [0.3, 0.4) is 0 Å². The highest BCUT2D eigenvalue weighted by atomic mass is 16.3. The molecule has 4 nitrogen and oxygen atoms in total. The van der Waals surface area contributed by atoms with Gasteiger partial charge in [0.15, 0.2) is 6.20 Å². The lowest BCUT2D eigenvalue weighted by Gasteiger charge is -2.12. The van der Waals surface area contributed by atoms with Crippen molar-refractivity contribution >= 4 is 5.91 Å². The summed E-state index contributed by atoms with van der Waals surface area (Å²) in [5.74, 6) is -0.327. The number of benzene rings is 1. The Morgan fingerprint density at radius 3 is 2.50 bits per heavy atom. The van der Waals surface area contributed by atoms with Gasteiger partial charge in [0.25, 0.3) is 5.91 Å². The van der Waals surface area contributed by atoms with Crippen LogP contribution in [-0.2, 0) is 4.79 Å². The molecular formula is C14H14N2O2. The van der Waals surface area contributed by atoms with Crippen molar-refractivity contribution < 1.29 is 14.6 Å². The molecule has 4 heteroatoms. The lowest BCUT2D eigenvalue weighted by Crippen LogP contribution is -2.47. The molecule has 0 radical (unpaired) electrons. The first-order valence-corrected chi connectivity index (χ1v) is 5.64. The summed E-state index contributed by atoms with van der Waals surface area (Å²) in [6.45, 7) is 3.18. The van der Waals surface area contributed by atoms with E-state index in [4.69, 9.17) is 0 Å². The van der Waals surface area contributed by atoms with Crippen molar-refractivity contribution in [2.75, 3.05) is 5.43 Å². The molecule has 2 rings (SSSR count). The summed E-state index contributed by atoms with van der Waals surface area (Å²) in [7, 11) is 0. The van der Waals surface area contributed by atoms with E-state index in [0.717, 1.165) is 11.1 Å². The molecule has 0 saturated carbocycles. The molecule has 1 heterocycles. The van der Waals surface area contributed by atoms with Crippen LogP contribution in [0.5, 0.6) is 5.75 Å². The highest BCUT2D eigenvalue weighted by molar-refractivity contribution is 5.79. The Bertz CT molecular complexity index is 580. The second-order valence-electron chi connectivity index (χ2n) is 4.10. The quantitative estimate of drug-likeness (QED) is 0.802. The number of hydrogen-bond acceptors (Lipinski definition) is 2. The molecule has 2 aromatic rings. The average molecular weight is 242 g/mol. The Kier molecular flexibility index (Phi) is 3.28. The minimum absolute atomic E-state index is 0.106. The van der Waals surface area contributed by atoms with Gasteiger partial charge in [-0.05, 0) is 23.8 Å². The molecular weight excluding hydrogens is 228 g/mol. The van der Waals surface area contributed by atoms with E-state index >= 15 is 0 Å². The fourth-order valence-electron chi connectivity index (χ4n) is 1.78. The van der Waals surface area contributed by atoms with Crippen molar-refractivity contribution in [2.45, 2.75) is 13.8 Å². The van der Waals surface area contributed by atoms with E-state index < -0.39 is 0 Å². The van der Waals surface area contributed by atoms with Gasteiger partial charge in [0, 0.05) is 6.92 Å². The summed E-state index contributed by atoms with van der Waals surface area (Å²) < 4.78 is 1.40. The van der Waals surface area contributed by atoms with Gasteiger partial charge in [0.2, 0.25) is 6.20 Å². The van der Waals surface area contributed by atoms with Crippen molar-refractivity contribution in [3.05, 3.63) is 48.3 Å². The van der Waals surface area contributed by atoms with Crippen LogP contribution in [0.1, 0.15) is 12.5 Å². The second-order valence-corrected chi connectivity index (χ2v) is 4.10. The van der Waals surface area contributed by atoms with Crippen molar-refractivity contribution in [1.82, 2.24) is 0 Å². The van der Waals surface area contributed by atoms with Crippen LogP contribution in [0.4, 0.5) is 0 Å². The molecule has 18 heavy (non-hydrogen) atoms. The predicted octanol–water partition coefficient (Wildman–Crippen LogP) is 1.11. The van der Waals surface area contributed by atoms with Gasteiger partial charge in [0.05, 0.1) is 5.56 Å². The molecule has 92 valence electrons. The highest BCUT2D eigenvalue weighted by Crippen LogP contribution is 2.25. The van der Waals surface area contributed by atoms with Gasteiger partial charge in [0.1, 0.15) is 0 Å². The van der Waals surface area contributed by atoms with Crippen LogP contribution >= 0.6 is 0 Å². The largest absolute Gasteiger partial charge is 0.868 e. The molecule has 0 atom stereocenters. The van der Waals surface area contributed by atoms with E-state index in [0.29, 0.717) is 5.56 Å². The van der Waals surface area contributed by atoms with Crippen molar-refractivity contribution in [3.8, 4) is 16.9 Å². The van der Waals surface area contributed by atoms with E-state index in [2.05, 4.69) is 5.43 Å². The first-order chi connectivity index (χ1) is 8.58. The summed E-state index contributed by atoms with van der Waals surface area (Å²) >= 11 is 0. The molecule has 1 N–H and O–H groups in total. The number of carbonyl (C=O) groups is 1. The van der Waals surface area contributed by atoms with Crippen LogP contribution in [0.15, 0.2) is 42.7 Å². The summed E-state index contributed by atoms with van der Waals surface area (Å²) in [4.78, 5) is 11.0. The standard InChI is InChI=1S/C14H14N2O2/c1-10-13(12-6-4-3-5-7-12)8-16(9-14(10)18)15-11(2)17/h3-9H,1-2H3,(H-,15,17,18). The maximum Gasteiger partial charge on any atom is 0.271 e. The van der Waals surface area contributed by atoms with Gasteiger partial charge < -0.3 is 5.11 Å². The zero-order valence-corrected chi connectivity index (χ0v) is 10.3. The Labute approximate surface area is 105 Å². The van der Waals surface area contributed by atoms with Crippen molar-refractivity contribution in [1.29, 1.82) is 0 Å². The Balaban J connectivity index is 2.53. The Hall–Kier alpha value is -2.36. The number of pyridine rings is 1. The van der Waals surface area contributed by atoms with Crippen LogP contribution < -0.4 is 15.2 Å². The second kappa shape index (κ2) is 4.87. The summed E-state index contributed by atoms with van der Waals surface area (Å²) in [6, 6.07) is 9.60. The van der Waals surface area contributed by atoms with E-state index in [1.807, 2.05) is 30.3 Å². The maximum atomic E-state index is 11.8. The van der Waals surface area contributed by atoms with Crippen molar-refractivity contribution in [3.63, 3.8) is 0 Å². The lowest BCUT2D eigenvalue weighted by molar-refractivity contribution is -0.644. The molecule has 0 spiro atoms. The SMILES string of the molecule is CC(=O)N[n+]1cc([O-])c(C)c(-c2ccccc2)c1. The van der Waals surface area contributed by atoms with Gasteiger partial charge >= 0.3 is 0 Å². The third kappa shape index (κ3) is 2.48. The van der Waals surface area contributed by atoms with Crippen LogP contribution in [0, 0.1) is 6.92 Å². The minimum Gasteiger partial charge on any atom is -0.868 e. The molecule has 0 bridgehead atoms. The monoisotopic (exact) mass is 242 g/mol. The molecule has 0 fully saturated rings. The number of rotatable bonds is 2. The molecule has 1 aromatic heterocycles. The summed E-state index contributed by atoms with van der Waals surface area (Å²) in [5, 5.41) is 11.8. The topological polar surface area (TPSA) is 56.0 Å². The van der Waals surface area contributed by atoms with Gasteiger partial charge in [-0.1, -0.05) is 35.0 Å². The number of hydrogen-bond donors (Lipinski definition) is 1. The normalized spacial score (nSPS) is 10.1. The van der Waals surface area contributed by atoms with Crippen LogP contribution in [0.2, 0.25) is 0 Å². The third-order valence-corrected chi connectivity index (χ3v) is 2.67. The molecule has 1 amide bonds. The molecule has 0 aliphatic rings. The van der Waals surface area contributed by atoms with Gasteiger partial charge in [-0.15, -0.1) is 5.43 Å². The maximum absolute atomic E-state index is 11.8. The van der Waals surface area contributed by atoms with Gasteiger partial charge in [-0.25, -0.2) is 0 Å². The van der Waals surface area contributed by atoms with Gasteiger partial charge in [-0.2, -0.15) is 0 Å². The zero-order valence-electron chi connectivity index (χ0n) is 10.3. The molecule has 0 unspecified atom stereocenters. The fraction of sp³-hybridized carbons (Fsp3) is 0.143.